The van der Waals surface area contributed by atoms with E-state index in [2.05, 4.69) is 78.3 Å². The van der Waals surface area contributed by atoms with Crippen molar-refractivity contribution in [3.63, 3.8) is 0 Å². The van der Waals surface area contributed by atoms with Crippen molar-refractivity contribution in [1.82, 2.24) is 9.66 Å². The van der Waals surface area contributed by atoms with Gasteiger partial charge in [0.1, 0.15) is 18.2 Å². The molecule has 1 atom stereocenters. The summed E-state index contributed by atoms with van der Waals surface area (Å²) >= 11 is 3.49. The molecule has 5 aromatic carbocycles. The molecule has 198 valence electrons. The van der Waals surface area contributed by atoms with Crippen molar-refractivity contribution in [2.75, 3.05) is 0 Å². The van der Waals surface area contributed by atoms with Gasteiger partial charge in [0.2, 0.25) is 0 Å². The lowest BCUT2D eigenvalue weighted by atomic mass is 10.0. The molecule has 1 aromatic heterocycles. The molecular formula is C34H28BrN3O2. The Bertz CT molecular complexity index is 1960. The minimum atomic E-state index is -0.198. The predicted octanol–water partition coefficient (Wildman–Crippen LogP) is 8.44. The van der Waals surface area contributed by atoms with E-state index in [4.69, 9.17) is 14.8 Å². The molecule has 0 spiro atoms. The number of fused-ring (bicyclic) bond motifs is 3. The number of aromatic nitrogens is 2. The largest absolute Gasteiger partial charge is 0.488 e. The van der Waals surface area contributed by atoms with Crippen LogP contribution in [0.2, 0.25) is 0 Å². The van der Waals surface area contributed by atoms with Crippen molar-refractivity contribution in [2.24, 2.45) is 5.10 Å². The van der Waals surface area contributed by atoms with Gasteiger partial charge in [-0.25, -0.2) is 4.98 Å². The maximum absolute atomic E-state index is 13.7. The van der Waals surface area contributed by atoms with Gasteiger partial charge < -0.3 is 4.74 Å². The summed E-state index contributed by atoms with van der Waals surface area (Å²) in [5, 5.41) is 9.69. The van der Waals surface area contributed by atoms with E-state index in [0.717, 1.165) is 32.8 Å². The molecule has 0 saturated heterocycles. The maximum Gasteiger partial charge on any atom is 0.282 e. The third kappa shape index (κ3) is 4.91. The van der Waals surface area contributed by atoms with Gasteiger partial charge in [0.15, 0.2) is 0 Å². The van der Waals surface area contributed by atoms with Gasteiger partial charge in [0.05, 0.1) is 17.1 Å². The number of benzene rings is 5. The number of halogens is 1. The number of nitrogens with zero attached hydrogens (tertiary/aromatic N) is 3. The summed E-state index contributed by atoms with van der Waals surface area (Å²) in [6.45, 7) is 4.56. The average molecular weight is 591 g/mol. The van der Waals surface area contributed by atoms with Crippen LogP contribution in [0.15, 0.2) is 111 Å². The van der Waals surface area contributed by atoms with E-state index in [0.29, 0.717) is 29.1 Å². The topological polar surface area (TPSA) is 56.5 Å². The molecule has 6 heteroatoms. The molecule has 6 aromatic rings. The van der Waals surface area contributed by atoms with Crippen molar-refractivity contribution in [1.29, 1.82) is 0 Å². The Kier molecular flexibility index (Phi) is 7.18. The van der Waals surface area contributed by atoms with Crippen LogP contribution in [0.25, 0.3) is 32.4 Å². The van der Waals surface area contributed by atoms with Gasteiger partial charge in [-0.2, -0.15) is 9.78 Å². The molecule has 6 rings (SSSR count). The third-order valence-corrected chi connectivity index (χ3v) is 7.88. The Morgan fingerprint density at radius 3 is 2.42 bits per heavy atom. The molecule has 0 saturated carbocycles. The van der Waals surface area contributed by atoms with Gasteiger partial charge in [-0.3, -0.25) is 4.79 Å². The first-order valence-electron chi connectivity index (χ1n) is 13.4. The van der Waals surface area contributed by atoms with Crippen LogP contribution in [-0.4, -0.2) is 15.9 Å². The molecule has 0 fully saturated rings. The minimum Gasteiger partial charge on any atom is -0.488 e. The van der Waals surface area contributed by atoms with E-state index in [1.165, 1.54) is 15.4 Å². The van der Waals surface area contributed by atoms with Gasteiger partial charge in [0.25, 0.3) is 5.56 Å². The Balaban J connectivity index is 1.46. The summed E-state index contributed by atoms with van der Waals surface area (Å²) in [6.07, 6.45) is 2.57. The summed E-state index contributed by atoms with van der Waals surface area (Å²) in [5.41, 5.74) is 2.39. The van der Waals surface area contributed by atoms with Crippen molar-refractivity contribution >= 4 is 54.6 Å². The van der Waals surface area contributed by atoms with Crippen molar-refractivity contribution in [2.45, 2.75) is 32.8 Å². The Labute approximate surface area is 240 Å². The summed E-state index contributed by atoms with van der Waals surface area (Å²) in [6, 6.07) is 32.3. The lowest BCUT2D eigenvalue weighted by Crippen LogP contribution is -2.23. The summed E-state index contributed by atoms with van der Waals surface area (Å²) in [7, 11) is 0. The molecule has 0 amide bonds. The lowest BCUT2D eigenvalue weighted by molar-refractivity contribution is 0.307. The van der Waals surface area contributed by atoms with Gasteiger partial charge in [-0.05, 0) is 57.8 Å². The fourth-order valence-electron chi connectivity index (χ4n) is 5.00. The van der Waals surface area contributed by atoms with Gasteiger partial charge in [0, 0.05) is 16.0 Å². The van der Waals surface area contributed by atoms with Crippen LogP contribution in [0.3, 0.4) is 0 Å². The van der Waals surface area contributed by atoms with Gasteiger partial charge in [-0.1, -0.05) is 103 Å². The summed E-state index contributed by atoms with van der Waals surface area (Å²) < 4.78 is 8.71. The number of rotatable bonds is 7. The van der Waals surface area contributed by atoms with E-state index in [1.54, 1.807) is 12.3 Å². The monoisotopic (exact) mass is 589 g/mol. The van der Waals surface area contributed by atoms with Crippen LogP contribution in [0.1, 0.15) is 43.1 Å². The van der Waals surface area contributed by atoms with Crippen LogP contribution in [-0.2, 0) is 6.61 Å². The molecule has 40 heavy (non-hydrogen) atoms. The highest BCUT2D eigenvalue weighted by molar-refractivity contribution is 9.10. The minimum absolute atomic E-state index is 0.0486. The molecular weight excluding hydrogens is 562 g/mol. The zero-order valence-corrected chi connectivity index (χ0v) is 23.9. The smallest absolute Gasteiger partial charge is 0.282 e. The second-order valence-electron chi connectivity index (χ2n) is 9.93. The zero-order valence-electron chi connectivity index (χ0n) is 22.3. The van der Waals surface area contributed by atoms with E-state index in [-0.39, 0.29) is 11.5 Å². The standard InChI is InChI=1S/C34H28BrN3O2/c1-3-22(2)33-37-31-17-16-26(35)19-29(31)34(39)38(33)36-20-30-28-14-7-5-10-24(28)15-18-32(30)40-21-25-12-8-11-23-9-4-6-13-27(23)25/h4-20,22H,3,21H2,1-2H3/t22-/m1/s1. The molecule has 0 radical (unpaired) electrons. The average Bonchev–Trinajstić information content (AvgIpc) is 2.99. The first-order chi connectivity index (χ1) is 19.5. The van der Waals surface area contributed by atoms with Crippen LogP contribution in [0, 0.1) is 0 Å². The normalized spacial score (nSPS) is 12.5. The second kappa shape index (κ2) is 11.1. The van der Waals surface area contributed by atoms with Gasteiger partial charge in [-0.15, -0.1) is 0 Å². The molecule has 0 aliphatic heterocycles. The van der Waals surface area contributed by atoms with Gasteiger partial charge >= 0.3 is 0 Å². The first kappa shape index (κ1) is 26.0. The predicted molar refractivity (Wildman–Crippen MR) is 168 cm³/mol. The van der Waals surface area contributed by atoms with Crippen molar-refractivity contribution in [3.8, 4) is 5.75 Å². The molecule has 0 N–H and O–H groups in total. The fourth-order valence-corrected chi connectivity index (χ4v) is 5.36. The quantitative estimate of drug-likeness (QED) is 0.175. The SMILES string of the molecule is CC[C@@H](C)c1nc2ccc(Br)cc2c(=O)n1N=Cc1c(OCc2cccc3ccccc23)ccc2ccccc12. The highest BCUT2D eigenvalue weighted by Gasteiger charge is 2.16. The fraction of sp³-hybridized carbons (Fsp3) is 0.147. The Morgan fingerprint density at radius 1 is 0.900 bits per heavy atom. The van der Waals surface area contributed by atoms with Crippen LogP contribution >= 0.6 is 15.9 Å². The highest BCUT2D eigenvalue weighted by atomic mass is 79.9. The molecule has 0 aliphatic carbocycles. The maximum atomic E-state index is 13.7. The molecule has 1 heterocycles. The third-order valence-electron chi connectivity index (χ3n) is 7.38. The van der Waals surface area contributed by atoms with Crippen LogP contribution < -0.4 is 10.3 Å². The van der Waals surface area contributed by atoms with E-state index in [9.17, 15) is 4.79 Å². The Morgan fingerprint density at radius 2 is 1.62 bits per heavy atom. The van der Waals surface area contributed by atoms with E-state index >= 15 is 0 Å². The lowest BCUT2D eigenvalue weighted by Gasteiger charge is -2.15. The number of hydrogen-bond acceptors (Lipinski definition) is 4. The van der Waals surface area contributed by atoms with Crippen molar-refractivity contribution in [3.05, 3.63) is 129 Å². The summed E-state index contributed by atoms with van der Waals surface area (Å²) in [5.74, 6) is 1.38. The van der Waals surface area contributed by atoms with E-state index < -0.39 is 0 Å². The Hall–Kier alpha value is -4.29. The molecule has 5 nitrogen and oxygen atoms in total. The van der Waals surface area contributed by atoms with Crippen LogP contribution in [0.4, 0.5) is 0 Å². The first-order valence-corrected chi connectivity index (χ1v) is 14.2. The molecule has 0 aliphatic rings. The second-order valence-corrected chi connectivity index (χ2v) is 10.8. The molecule has 0 bridgehead atoms. The number of ether oxygens (including phenoxy) is 1. The summed E-state index contributed by atoms with van der Waals surface area (Å²) in [4.78, 5) is 18.5. The number of hydrogen-bond donors (Lipinski definition) is 0. The van der Waals surface area contributed by atoms with Crippen LogP contribution in [0.5, 0.6) is 5.75 Å². The molecule has 0 unspecified atom stereocenters. The highest BCUT2D eigenvalue weighted by Crippen LogP contribution is 2.29. The van der Waals surface area contributed by atoms with Crippen molar-refractivity contribution < 1.29 is 4.74 Å². The zero-order chi connectivity index (χ0) is 27.6. The van der Waals surface area contributed by atoms with E-state index in [1.807, 2.05) is 42.5 Å².